The fourth-order valence-electron chi connectivity index (χ4n) is 1.72. The normalized spacial score (nSPS) is 11.0. The lowest BCUT2D eigenvalue weighted by Gasteiger charge is -2.06. The number of hydrogen-bond acceptors (Lipinski definition) is 5. The van der Waals surface area contributed by atoms with Gasteiger partial charge in [0, 0.05) is 17.8 Å². The van der Waals surface area contributed by atoms with Gasteiger partial charge in [0.15, 0.2) is 5.78 Å². The molecule has 1 amide bonds. The predicted molar refractivity (Wildman–Crippen MR) is 84.7 cm³/mol. The molecule has 1 heterocycles. The molecule has 0 saturated heterocycles. The maximum Gasteiger partial charge on any atom is 0.269 e. The molecule has 1 N–H and O–H groups in total. The van der Waals surface area contributed by atoms with Crippen molar-refractivity contribution in [3.63, 3.8) is 0 Å². The zero-order valence-electron chi connectivity index (χ0n) is 11.6. The number of ketones is 1. The first kappa shape index (κ1) is 15.6. The van der Waals surface area contributed by atoms with Gasteiger partial charge in [0.05, 0.1) is 10.5 Å². The van der Waals surface area contributed by atoms with E-state index < -0.39 is 10.8 Å². The zero-order chi connectivity index (χ0) is 16.1. The second-order valence-electron chi connectivity index (χ2n) is 4.43. The minimum Gasteiger partial charge on any atom is -0.322 e. The molecule has 2 aromatic rings. The summed E-state index contributed by atoms with van der Waals surface area (Å²) in [6, 6.07) is 7.20. The number of carbonyl (C=O) groups is 2. The number of benzene rings is 1. The van der Waals surface area contributed by atoms with Gasteiger partial charge in [-0.25, -0.2) is 0 Å². The van der Waals surface area contributed by atoms with Crippen LogP contribution < -0.4 is 5.32 Å². The van der Waals surface area contributed by atoms with Crippen LogP contribution in [0.2, 0.25) is 0 Å². The van der Waals surface area contributed by atoms with Crippen LogP contribution in [-0.2, 0) is 9.59 Å². The van der Waals surface area contributed by atoms with Gasteiger partial charge in [-0.3, -0.25) is 19.7 Å². The van der Waals surface area contributed by atoms with Gasteiger partial charge in [-0.1, -0.05) is 0 Å². The molecule has 0 saturated carbocycles. The van der Waals surface area contributed by atoms with Gasteiger partial charge in [0.2, 0.25) is 0 Å². The Bertz CT molecular complexity index is 733. The van der Waals surface area contributed by atoms with Crippen molar-refractivity contribution in [2.24, 2.45) is 0 Å². The second kappa shape index (κ2) is 6.77. The van der Waals surface area contributed by atoms with Crippen molar-refractivity contribution in [2.45, 2.75) is 6.92 Å². The molecule has 0 aliphatic heterocycles. The van der Waals surface area contributed by atoms with E-state index in [0.717, 1.165) is 5.56 Å². The van der Waals surface area contributed by atoms with Crippen molar-refractivity contribution >= 4 is 40.5 Å². The number of anilines is 1. The molecule has 0 aliphatic carbocycles. The zero-order valence-corrected chi connectivity index (χ0v) is 12.4. The maximum absolute atomic E-state index is 12.2. The third kappa shape index (κ3) is 3.86. The average molecular weight is 316 g/mol. The molecule has 7 heteroatoms. The summed E-state index contributed by atoms with van der Waals surface area (Å²) in [5.74, 6) is -0.904. The largest absolute Gasteiger partial charge is 0.322 e. The van der Waals surface area contributed by atoms with Gasteiger partial charge in [0.1, 0.15) is 0 Å². The number of nitrogens with zero attached hydrogens (tertiary/aromatic N) is 1. The van der Waals surface area contributed by atoms with Crippen LogP contribution in [0.5, 0.6) is 0 Å². The second-order valence-corrected chi connectivity index (χ2v) is 5.21. The Morgan fingerprint density at radius 1 is 1.23 bits per heavy atom. The van der Waals surface area contributed by atoms with Gasteiger partial charge < -0.3 is 5.32 Å². The Labute approximate surface area is 130 Å². The summed E-state index contributed by atoms with van der Waals surface area (Å²) < 4.78 is 0. The highest BCUT2D eigenvalue weighted by atomic mass is 32.1. The van der Waals surface area contributed by atoms with E-state index >= 15 is 0 Å². The molecule has 0 unspecified atom stereocenters. The topological polar surface area (TPSA) is 89.3 Å². The SMILES string of the molecule is CC(=O)C(=Cc1ccsc1)C(=O)Nc1ccc([N+](=O)[O-])cc1. The Kier molecular flexibility index (Phi) is 4.80. The van der Waals surface area contributed by atoms with Gasteiger partial charge in [-0.05, 0) is 47.5 Å². The number of nitro groups is 1. The molecule has 1 aromatic heterocycles. The highest BCUT2D eigenvalue weighted by molar-refractivity contribution is 7.08. The Morgan fingerprint density at radius 3 is 2.41 bits per heavy atom. The van der Waals surface area contributed by atoms with Crippen LogP contribution in [0.3, 0.4) is 0 Å². The highest BCUT2D eigenvalue weighted by Crippen LogP contribution is 2.17. The van der Waals surface area contributed by atoms with Gasteiger partial charge in [-0.2, -0.15) is 11.3 Å². The number of non-ortho nitro benzene ring substituents is 1. The quantitative estimate of drug-likeness (QED) is 0.301. The number of thiophene rings is 1. The Hall–Kier alpha value is -2.80. The predicted octanol–water partition coefficient (Wildman–Crippen LogP) is 3.27. The van der Waals surface area contributed by atoms with Crippen molar-refractivity contribution in [1.29, 1.82) is 0 Å². The van der Waals surface area contributed by atoms with Gasteiger partial charge in [0.25, 0.3) is 11.6 Å². The molecule has 112 valence electrons. The highest BCUT2D eigenvalue weighted by Gasteiger charge is 2.15. The van der Waals surface area contributed by atoms with E-state index in [4.69, 9.17) is 0 Å². The first-order valence-electron chi connectivity index (χ1n) is 6.28. The maximum atomic E-state index is 12.2. The smallest absolute Gasteiger partial charge is 0.269 e. The molecule has 22 heavy (non-hydrogen) atoms. The molecular weight excluding hydrogens is 304 g/mol. The number of rotatable bonds is 5. The molecule has 2 rings (SSSR count). The fraction of sp³-hybridized carbons (Fsp3) is 0.0667. The fourth-order valence-corrected chi connectivity index (χ4v) is 2.33. The summed E-state index contributed by atoms with van der Waals surface area (Å²) in [5.41, 5.74) is 1.11. The van der Waals surface area contributed by atoms with Crippen LogP contribution in [0.15, 0.2) is 46.7 Å². The van der Waals surface area contributed by atoms with E-state index in [1.165, 1.54) is 48.6 Å². The van der Waals surface area contributed by atoms with Crippen molar-refractivity contribution in [3.8, 4) is 0 Å². The van der Waals surface area contributed by atoms with Crippen molar-refractivity contribution < 1.29 is 14.5 Å². The van der Waals surface area contributed by atoms with Gasteiger partial charge in [-0.15, -0.1) is 0 Å². The summed E-state index contributed by atoms with van der Waals surface area (Å²) in [4.78, 5) is 33.8. The monoisotopic (exact) mass is 316 g/mol. The van der Waals surface area contributed by atoms with E-state index in [1.807, 2.05) is 10.8 Å². The third-order valence-corrected chi connectivity index (χ3v) is 3.52. The lowest BCUT2D eigenvalue weighted by molar-refractivity contribution is -0.384. The van der Waals surface area contributed by atoms with Crippen molar-refractivity contribution in [1.82, 2.24) is 0 Å². The molecule has 0 radical (unpaired) electrons. The molecule has 6 nitrogen and oxygen atoms in total. The van der Waals surface area contributed by atoms with Crippen LogP contribution >= 0.6 is 11.3 Å². The first-order valence-corrected chi connectivity index (χ1v) is 7.22. The van der Waals surface area contributed by atoms with E-state index in [9.17, 15) is 19.7 Å². The number of nitrogens with one attached hydrogen (secondary N) is 1. The molecule has 1 aromatic carbocycles. The average Bonchev–Trinajstić information content (AvgIpc) is 2.98. The van der Waals surface area contributed by atoms with E-state index in [1.54, 1.807) is 6.07 Å². The molecular formula is C15H12N2O4S. The minimum atomic E-state index is -0.549. The number of hydrogen-bond donors (Lipinski definition) is 1. The van der Waals surface area contributed by atoms with Gasteiger partial charge >= 0.3 is 0 Å². The Balaban J connectivity index is 2.18. The number of carbonyl (C=O) groups excluding carboxylic acids is 2. The third-order valence-electron chi connectivity index (χ3n) is 2.81. The summed E-state index contributed by atoms with van der Waals surface area (Å²) in [6.07, 6.45) is 1.51. The van der Waals surface area contributed by atoms with E-state index in [2.05, 4.69) is 5.32 Å². The Morgan fingerprint density at radius 2 is 1.91 bits per heavy atom. The minimum absolute atomic E-state index is 0.0248. The summed E-state index contributed by atoms with van der Waals surface area (Å²) >= 11 is 1.46. The molecule has 0 aliphatic rings. The number of nitro benzene ring substituents is 1. The van der Waals surface area contributed by atoms with Crippen molar-refractivity contribution in [2.75, 3.05) is 5.32 Å². The first-order chi connectivity index (χ1) is 10.5. The summed E-state index contributed by atoms with van der Waals surface area (Å²) in [7, 11) is 0. The number of amides is 1. The summed E-state index contributed by atoms with van der Waals surface area (Å²) in [6.45, 7) is 1.31. The molecule has 0 bridgehead atoms. The van der Waals surface area contributed by atoms with Crippen LogP contribution in [0.1, 0.15) is 12.5 Å². The van der Waals surface area contributed by atoms with Crippen molar-refractivity contribution in [3.05, 3.63) is 62.3 Å². The standard InChI is InChI=1S/C15H12N2O4S/c1-10(18)14(8-11-6-7-22-9-11)15(19)16-12-2-4-13(5-3-12)17(20)21/h2-9H,1H3,(H,16,19). The van der Waals surface area contributed by atoms with E-state index in [0.29, 0.717) is 5.69 Å². The van der Waals surface area contributed by atoms with E-state index in [-0.39, 0.29) is 17.0 Å². The van der Waals surface area contributed by atoms with Crippen LogP contribution in [-0.4, -0.2) is 16.6 Å². The molecule has 0 spiro atoms. The summed E-state index contributed by atoms with van der Waals surface area (Å²) in [5, 5.41) is 16.8. The van der Waals surface area contributed by atoms with Crippen LogP contribution in [0.4, 0.5) is 11.4 Å². The lowest BCUT2D eigenvalue weighted by atomic mass is 10.1. The van der Waals surface area contributed by atoms with Crippen LogP contribution in [0.25, 0.3) is 6.08 Å². The molecule has 0 fully saturated rings. The lowest BCUT2D eigenvalue weighted by Crippen LogP contribution is -2.18. The van der Waals surface area contributed by atoms with Crippen LogP contribution in [0, 0.1) is 10.1 Å². The molecule has 0 atom stereocenters. The number of Topliss-reactive ketones (excluding diaryl/α,β-unsaturated/α-hetero) is 1.